The third kappa shape index (κ3) is 2.91. The normalized spacial score (nSPS) is 18.5. The summed E-state index contributed by atoms with van der Waals surface area (Å²) < 4.78 is 10.1. The lowest BCUT2D eigenvalue weighted by Gasteiger charge is -2.33. The van der Waals surface area contributed by atoms with Crippen LogP contribution in [-0.4, -0.2) is 34.9 Å². The maximum absolute atomic E-state index is 12.6. The zero-order chi connectivity index (χ0) is 15.7. The molecule has 0 aliphatic carbocycles. The quantitative estimate of drug-likeness (QED) is 0.854. The highest BCUT2D eigenvalue weighted by molar-refractivity contribution is 7.03. The van der Waals surface area contributed by atoms with Gasteiger partial charge in [-0.05, 0) is 43.4 Å². The number of carbonyl (C=O) groups excluding carboxylic acids is 1. The van der Waals surface area contributed by atoms with Gasteiger partial charge in [0.15, 0.2) is 0 Å². The van der Waals surface area contributed by atoms with Crippen molar-refractivity contribution in [2.45, 2.75) is 26.9 Å². The van der Waals surface area contributed by atoms with Gasteiger partial charge in [-0.25, -0.2) is 0 Å². The molecule has 0 saturated carbocycles. The largest absolute Gasteiger partial charge is 0.370 e. The van der Waals surface area contributed by atoms with Crippen molar-refractivity contribution in [2.75, 3.05) is 19.7 Å². The second kappa shape index (κ2) is 6.18. The van der Waals surface area contributed by atoms with Crippen molar-refractivity contribution < 1.29 is 9.53 Å². The minimum absolute atomic E-state index is 0.0507. The Morgan fingerprint density at radius 2 is 2.18 bits per heavy atom. The van der Waals surface area contributed by atoms with Crippen molar-refractivity contribution in [3.05, 3.63) is 51.5 Å². The van der Waals surface area contributed by atoms with E-state index in [2.05, 4.69) is 36.4 Å². The van der Waals surface area contributed by atoms with Gasteiger partial charge in [0, 0.05) is 11.9 Å². The number of amides is 1. The van der Waals surface area contributed by atoms with Crippen LogP contribution in [0.15, 0.2) is 23.6 Å². The Morgan fingerprint density at radius 3 is 2.86 bits per heavy atom. The van der Waals surface area contributed by atoms with Crippen LogP contribution in [-0.2, 0) is 4.74 Å². The summed E-state index contributed by atoms with van der Waals surface area (Å²) in [5, 5.41) is 1.83. The van der Waals surface area contributed by atoms with Gasteiger partial charge in [-0.2, -0.15) is 4.37 Å². The van der Waals surface area contributed by atoms with E-state index < -0.39 is 0 Å². The fourth-order valence-corrected chi connectivity index (χ4v) is 3.56. The summed E-state index contributed by atoms with van der Waals surface area (Å²) in [6.45, 7) is 7.86. The predicted molar refractivity (Wildman–Crippen MR) is 87.4 cm³/mol. The molecule has 0 spiro atoms. The first-order valence-electron chi connectivity index (χ1n) is 7.45. The van der Waals surface area contributed by atoms with Crippen LogP contribution in [0.5, 0.6) is 0 Å². The molecule has 1 aromatic carbocycles. The fourth-order valence-electron chi connectivity index (χ4n) is 2.88. The van der Waals surface area contributed by atoms with Gasteiger partial charge in [-0.3, -0.25) is 4.79 Å². The number of hydrogen-bond acceptors (Lipinski definition) is 4. The van der Waals surface area contributed by atoms with Crippen molar-refractivity contribution in [2.24, 2.45) is 0 Å². The van der Waals surface area contributed by atoms with Crippen LogP contribution in [0.4, 0.5) is 0 Å². The highest BCUT2D eigenvalue weighted by Gasteiger charge is 2.28. The molecule has 22 heavy (non-hydrogen) atoms. The minimum Gasteiger partial charge on any atom is -0.370 e. The van der Waals surface area contributed by atoms with Crippen LogP contribution >= 0.6 is 11.5 Å². The van der Waals surface area contributed by atoms with E-state index in [1.165, 1.54) is 28.2 Å². The SMILES string of the molecule is Cc1ccc(C2CN(C(=O)c3csnc3C)CCO2)c(C)c1. The minimum atomic E-state index is -0.0507. The summed E-state index contributed by atoms with van der Waals surface area (Å²) in [7, 11) is 0. The molecule has 5 heteroatoms. The molecule has 0 N–H and O–H groups in total. The zero-order valence-electron chi connectivity index (χ0n) is 13.1. The van der Waals surface area contributed by atoms with Crippen molar-refractivity contribution >= 4 is 17.4 Å². The molecular weight excluding hydrogens is 296 g/mol. The molecule has 1 saturated heterocycles. The second-order valence-corrected chi connectivity index (χ2v) is 6.41. The van der Waals surface area contributed by atoms with E-state index in [4.69, 9.17) is 4.74 Å². The van der Waals surface area contributed by atoms with Crippen molar-refractivity contribution in [3.63, 3.8) is 0 Å². The molecule has 1 aliphatic rings. The molecule has 1 unspecified atom stereocenters. The van der Waals surface area contributed by atoms with E-state index in [0.29, 0.717) is 25.3 Å². The smallest absolute Gasteiger partial charge is 0.256 e. The molecule has 1 atom stereocenters. The molecule has 4 nitrogen and oxygen atoms in total. The zero-order valence-corrected chi connectivity index (χ0v) is 13.9. The number of nitrogens with zero attached hydrogens (tertiary/aromatic N) is 2. The van der Waals surface area contributed by atoms with Crippen molar-refractivity contribution in [3.8, 4) is 0 Å². The lowest BCUT2D eigenvalue weighted by atomic mass is 9.99. The molecule has 1 amide bonds. The Kier molecular flexibility index (Phi) is 4.27. The first-order chi connectivity index (χ1) is 10.6. The predicted octanol–water partition coefficient (Wildman–Crippen LogP) is 3.28. The van der Waals surface area contributed by atoms with Crippen molar-refractivity contribution in [1.82, 2.24) is 9.27 Å². The highest BCUT2D eigenvalue weighted by atomic mass is 32.1. The summed E-state index contributed by atoms with van der Waals surface area (Å²) in [4.78, 5) is 14.5. The number of benzene rings is 1. The topological polar surface area (TPSA) is 42.4 Å². The van der Waals surface area contributed by atoms with Crippen LogP contribution in [0.2, 0.25) is 0 Å². The Hall–Kier alpha value is -1.72. The molecule has 2 heterocycles. The monoisotopic (exact) mass is 316 g/mol. The molecule has 1 fully saturated rings. The Bertz CT molecular complexity index is 696. The average Bonchev–Trinajstić information content (AvgIpc) is 2.93. The van der Waals surface area contributed by atoms with Gasteiger partial charge in [0.25, 0.3) is 5.91 Å². The lowest BCUT2D eigenvalue weighted by molar-refractivity contribution is -0.0231. The van der Waals surface area contributed by atoms with Crippen LogP contribution in [0, 0.1) is 20.8 Å². The number of aromatic nitrogens is 1. The third-order valence-corrected chi connectivity index (χ3v) is 4.83. The standard InChI is InChI=1S/C17H20N2O2S/c1-11-4-5-14(12(2)8-11)16-9-19(6-7-21-16)17(20)15-10-22-18-13(15)3/h4-5,8,10,16H,6-7,9H2,1-3H3. The van der Waals surface area contributed by atoms with Crippen LogP contribution in [0.25, 0.3) is 0 Å². The van der Waals surface area contributed by atoms with Gasteiger partial charge in [0.1, 0.15) is 6.10 Å². The molecule has 0 radical (unpaired) electrons. The average molecular weight is 316 g/mol. The molecular formula is C17H20N2O2S. The summed E-state index contributed by atoms with van der Waals surface area (Å²) in [6, 6.07) is 6.37. The van der Waals surface area contributed by atoms with Gasteiger partial charge >= 0.3 is 0 Å². The Balaban J connectivity index is 1.80. The number of rotatable bonds is 2. The number of hydrogen-bond donors (Lipinski definition) is 0. The van der Waals surface area contributed by atoms with E-state index in [9.17, 15) is 4.79 Å². The number of ether oxygens (including phenoxy) is 1. The van der Waals surface area contributed by atoms with Gasteiger partial charge < -0.3 is 9.64 Å². The summed E-state index contributed by atoms with van der Waals surface area (Å²) in [5.41, 5.74) is 5.15. The molecule has 3 rings (SSSR count). The van der Waals surface area contributed by atoms with E-state index in [1.54, 1.807) is 0 Å². The second-order valence-electron chi connectivity index (χ2n) is 5.78. The first kappa shape index (κ1) is 15.2. The van der Waals surface area contributed by atoms with Gasteiger partial charge in [0.2, 0.25) is 0 Å². The van der Waals surface area contributed by atoms with Gasteiger partial charge in [-0.1, -0.05) is 23.8 Å². The Morgan fingerprint density at radius 1 is 1.36 bits per heavy atom. The third-order valence-electron chi connectivity index (χ3n) is 4.11. The molecule has 1 aromatic heterocycles. The number of carbonyl (C=O) groups is 1. The number of morpholine rings is 1. The van der Waals surface area contributed by atoms with Gasteiger partial charge in [0.05, 0.1) is 24.4 Å². The Labute approximate surface area is 134 Å². The van der Waals surface area contributed by atoms with E-state index in [-0.39, 0.29) is 12.0 Å². The number of aryl methyl sites for hydroxylation is 3. The van der Waals surface area contributed by atoms with Gasteiger partial charge in [-0.15, -0.1) is 0 Å². The maximum atomic E-state index is 12.6. The summed E-state index contributed by atoms with van der Waals surface area (Å²) in [6.07, 6.45) is -0.0507. The lowest BCUT2D eigenvalue weighted by Crippen LogP contribution is -2.42. The molecule has 0 bridgehead atoms. The molecule has 2 aromatic rings. The highest BCUT2D eigenvalue weighted by Crippen LogP contribution is 2.27. The fraction of sp³-hybridized carbons (Fsp3) is 0.412. The van der Waals surface area contributed by atoms with E-state index >= 15 is 0 Å². The molecule has 116 valence electrons. The maximum Gasteiger partial charge on any atom is 0.256 e. The molecule has 1 aliphatic heterocycles. The van der Waals surface area contributed by atoms with Crippen molar-refractivity contribution in [1.29, 1.82) is 0 Å². The van der Waals surface area contributed by atoms with Crippen LogP contribution < -0.4 is 0 Å². The van der Waals surface area contributed by atoms with E-state index in [1.807, 2.05) is 17.2 Å². The van der Waals surface area contributed by atoms with Crippen LogP contribution in [0.3, 0.4) is 0 Å². The first-order valence-corrected chi connectivity index (χ1v) is 8.29. The summed E-state index contributed by atoms with van der Waals surface area (Å²) in [5.74, 6) is 0.0596. The van der Waals surface area contributed by atoms with E-state index in [0.717, 1.165) is 5.69 Å². The van der Waals surface area contributed by atoms with Crippen LogP contribution in [0.1, 0.15) is 38.8 Å². The summed E-state index contributed by atoms with van der Waals surface area (Å²) >= 11 is 1.33.